The summed E-state index contributed by atoms with van der Waals surface area (Å²) in [5.41, 5.74) is 0. The van der Waals surface area contributed by atoms with Gasteiger partial charge >= 0.3 is 0 Å². The molecule has 1 aromatic carbocycles. The van der Waals surface area contributed by atoms with Gasteiger partial charge in [0.2, 0.25) is 0 Å². The summed E-state index contributed by atoms with van der Waals surface area (Å²) in [6, 6.07) is 5.26. The summed E-state index contributed by atoms with van der Waals surface area (Å²) in [5, 5.41) is 0. The molecule has 1 aromatic rings. The van der Waals surface area contributed by atoms with Gasteiger partial charge in [0.1, 0.15) is 15.9 Å². The van der Waals surface area contributed by atoms with Crippen LogP contribution in [0.4, 0.5) is 0 Å². The fourth-order valence-electron chi connectivity index (χ4n) is 1.53. The molecule has 0 N–H and O–H groups in total. The second-order valence-electron chi connectivity index (χ2n) is 5.60. The van der Waals surface area contributed by atoms with Gasteiger partial charge in [-0.2, -0.15) is 11.8 Å². The van der Waals surface area contributed by atoms with Crippen LogP contribution >= 0.6 is 11.8 Å². The van der Waals surface area contributed by atoms with Gasteiger partial charge in [0, 0.05) is 12.9 Å². The molecule has 0 atom stereocenters. The molecule has 0 radical (unpaired) electrons. The van der Waals surface area contributed by atoms with E-state index in [9.17, 15) is 38.9 Å². The zero-order valence-corrected chi connectivity index (χ0v) is 21.1. The van der Waals surface area contributed by atoms with E-state index in [-0.39, 0.29) is 17.3 Å². The maximum Gasteiger partial charge on any atom is 0.124 e. The Hall–Kier alpha value is -0.980. The Kier molecular flexibility index (Phi) is 18.1. The van der Waals surface area contributed by atoms with E-state index in [1.54, 1.807) is 0 Å². The zero-order valence-electron chi connectivity index (χ0n) is 17.8. The van der Waals surface area contributed by atoms with Gasteiger partial charge in [0.25, 0.3) is 0 Å². The van der Waals surface area contributed by atoms with Crippen molar-refractivity contribution in [3.05, 3.63) is 24.3 Å². The SMILES string of the molecule is COCCOCCS(=O)(=O)[O-].COc1ccc(S(=O)(=O)[O-])cc1.CSCCCS(=O)(=O)[O-]. The molecule has 0 saturated heterocycles. The van der Waals surface area contributed by atoms with Crippen LogP contribution in [-0.4, -0.2) is 96.5 Å². The molecule has 0 bridgehead atoms. The molecule has 0 aromatic heterocycles. The monoisotopic (exact) mass is 539 g/mol. The Morgan fingerprint density at radius 2 is 1.34 bits per heavy atom. The molecular weight excluding hydrogens is 512 g/mol. The van der Waals surface area contributed by atoms with Gasteiger partial charge < -0.3 is 27.9 Å². The van der Waals surface area contributed by atoms with Crippen LogP contribution in [0.5, 0.6) is 5.75 Å². The number of methoxy groups -OCH3 is 2. The predicted molar refractivity (Wildman–Crippen MR) is 116 cm³/mol. The second-order valence-corrected chi connectivity index (χ2v) is 11.0. The minimum absolute atomic E-state index is 0.0603. The Morgan fingerprint density at radius 3 is 1.72 bits per heavy atom. The summed E-state index contributed by atoms with van der Waals surface area (Å²) >= 11 is 1.54. The van der Waals surface area contributed by atoms with Crippen LogP contribution in [0.15, 0.2) is 29.2 Å². The lowest BCUT2D eigenvalue weighted by Gasteiger charge is -2.06. The quantitative estimate of drug-likeness (QED) is 0.255. The van der Waals surface area contributed by atoms with Crippen molar-refractivity contribution in [2.24, 2.45) is 0 Å². The van der Waals surface area contributed by atoms with E-state index < -0.39 is 36.1 Å². The van der Waals surface area contributed by atoms with E-state index in [0.29, 0.717) is 25.4 Å². The van der Waals surface area contributed by atoms with Crippen LogP contribution in [0.25, 0.3) is 0 Å². The first kappa shape index (κ1) is 33.2. The van der Waals surface area contributed by atoms with Crippen molar-refractivity contribution in [1.82, 2.24) is 0 Å². The molecule has 0 aliphatic heterocycles. The highest BCUT2D eigenvalue weighted by molar-refractivity contribution is 7.98. The lowest BCUT2D eigenvalue weighted by molar-refractivity contribution is 0.0780. The molecule has 16 heteroatoms. The molecule has 32 heavy (non-hydrogen) atoms. The Bertz CT molecular complexity index is 910. The molecular formula is C16H27O12S4-3. The molecule has 0 saturated carbocycles. The van der Waals surface area contributed by atoms with E-state index in [2.05, 4.69) is 4.74 Å². The third-order valence-electron chi connectivity index (χ3n) is 3.00. The number of hydrogen-bond acceptors (Lipinski definition) is 13. The van der Waals surface area contributed by atoms with Crippen molar-refractivity contribution in [2.45, 2.75) is 11.3 Å². The number of rotatable bonds is 12. The van der Waals surface area contributed by atoms with Crippen LogP contribution in [-0.2, 0) is 39.8 Å². The molecule has 190 valence electrons. The normalized spacial score (nSPS) is 11.6. The highest BCUT2D eigenvalue weighted by Crippen LogP contribution is 2.14. The third kappa shape index (κ3) is 23.7. The molecule has 0 amide bonds. The van der Waals surface area contributed by atoms with Crippen LogP contribution in [0.1, 0.15) is 6.42 Å². The number of ether oxygens (including phenoxy) is 3. The first-order chi connectivity index (χ1) is 14.7. The van der Waals surface area contributed by atoms with Gasteiger partial charge in [-0.3, -0.25) is 0 Å². The van der Waals surface area contributed by atoms with Crippen molar-refractivity contribution in [3.63, 3.8) is 0 Å². The van der Waals surface area contributed by atoms with Gasteiger partial charge in [-0.05, 0) is 42.7 Å². The lowest BCUT2D eigenvalue weighted by atomic mass is 10.3. The summed E-state index contributed by atoms with van der Waals surface area (Å²) in [6.07, 6.45) is 2.34. The molecule has 0 fully saturated rings. The van der Waals surface area contributed by atoms with E-state index in [1.807, 2.05) is 6.26 Å². The summed E-state index contributed by atoms with van der Waals surface area (Å²) in [5.74, 6) is 0.550. The van der Waals surface area contributed by atoms with Crippen molar-refractivity contribution in [3.8, 4) is 5.75 Å². The lowest BCUT2D eigenvalue weighted by Crippen LogP contribution is -2.13. The fourth-order valence-corrected chi connectivity index (χ4v) is 3.43. The van der Waals surface area contributed by atoms with Gasteiger partial charge in [-0.1, -0.05) is 0 Å². The third-order valence-corrected chi connectivity index (χ3v) is 6.00. The molecule has 0 spiro atoms. The van der Waals surface area contributed by atoms with Crippen LogP contribution in [0.2, 0.25) is 0 Å². The van der Waals surface area contributed by atoms with E-state index in [0.717, 1.165) is 5.75 Å². The molecule has 12 nitrogen and oxygen atoms in total. The largest absolute Gasteiger partial charge is 0.748 e. The Balaban J connectivity index is 0. The fraction of sp³-hybridized carbons (Fsp3) is 0.625. The highest BCUT2D eigenvalue weighted by Gasteiger charge is 1.99. The van der Waals surface area contributed by atoms with Crippen LogP contribution in [0.3, 0.4) is 0 Å². The number of benzene rings is 1. The van der Waals surface area contributed by atoms with Gasteiger partial charge in [-0.25, -0.2) is 25.3 Å². The summed E-state index contributed by atoms with van der Waals surface area (Å²) < 4.78 is 105. The average Bonchev–Trinajstić information content (AvgIpc) is 2.67. The average molecular weight is 540 g/mol. The Morgan fingerprint density at radius 1 is 0.812 bits per heavy atom. The minimum Gasteiger partial charge on any atom is -0.748 e. The maximum absolute atomic E-state index is 10.4. The zero-order chi connectivity index (χ0) is 25.3. The number of thioether (sulfide) groups is 1. The van der Waals surface area contributed by atoms with Gasteiger partial charge in [0.15, 0.2) is 0 Å². The second kappa shape index (κ2) is 17.5. The summed E-state index contributed by atoms with van der Waals surface area (Å²) in [6.45, 7) is 0.653. The van der Waals surface area contributed by atoms with E-state index in [4.69, 9.17) is 9.47 Å². The van der Waals surface area contributed by atoms with Crippen molar-refractivity contribution < 1.29 is 53.1 Å². The summed E-state index contributed by atoms with van der Waals surface area (Å²) in [7, 11) is -9.45. The van der Waals surface area contributed by atoms with E-state index >= 15 is 0 Å². The van der Waals surface area contributed by atoms with Crippen LogP contribution < -0.4 is 4.74 Å². The standard InChI is InChI=1S/C7H8O4S.C5H12O5S.C4H10O3S2/c1-11-6-2-4-7(5-3-6)12(8,9)10;1-9-2-3-10-4-5-11(6,7)8;1-8-3-2-4-9(5,6)7/h2-5H,1H3,(H,8,9,10);2-5H2,1H3,(H,6,7,8);2-4H2,1H3,(H,5,6,7)/p-3. The highest BCUT2D eigenvalue weighted by atomic mass is 32.2. The van der Waals surface area contributed by atoms with Crippen molar-refractivity contribution in [2.75, 3.05) is 57.6 Å². The smallest absolute Gasteiger partial charge is 0.124 e. The molecule has 0 aliphatic carbocycles. The predicted octanol–water partition coefficient (Wildman–Crippen LogP) is 0.0786. The van der Waals surface area contributed by atoms with Crippen molar-refractivity contribution in [1.29, 1.82) is 0 Å². The molecule has 1 rings (SSSR count). The first-order valence-electron chi connectivity index (χ1n) is 8.69. The van der Waals surface area contributed by atoms with Crippen molar-refractivity contribution >= 4 is 42.1 Å². The molecule has 0 unspecified atom stereocenters. The summed E-state index contributed by atoms with van der Waals surface area (Å²) in [4.78, 5) is -0.247. The minimum atomic E-state index is -4.33. The Labute approximate surface area is 193 Å². The molecule has 0 heterocycles. The van der Waals surface area contributed by atoms with Gasteiger partial charge in [-0.15, -0.1) is 0 Å². The maximum atomic E-state index is 10.4. The first-order valence-corrected chi connectivity index (χ1v) is 14.6. The van der Waals surface area contributed by atoms with E-state index in [1.165, 1.54) is 50.2 Å². The number of hydrogen-bond donors (Lipinski definition) is 0. The topological polar surface area (TPSA) is 199 Å². The molecule has 0 aliphatic rings. The van der Waals surface area contributed by atoms with Gasteiger partial charge in [0.05, 0.1) is 57.8 Å². The van der Waals surface area contributed by atoms with Crippen LogP contribution in [0, 0.1) is 0 Å².